The highest BCUT2D eigenvalue weighted by Gasteiger charge is 2.25. The van der Waals surface area contributed by atoms with E-state index in [0.29, 0.717) is 12.3 Å². The second kappa shape index (κ2) is 7.80. The number of fused-ring (bicyclic) bond motifs is 1. The third kappa shape index (κ3) is 3.95. The number of rotatable bonds is 6. The summed E-state index contributed by atoms with van der Waals surface area (Å²) in [5, 5.41) is 7.44. The van der Waals surface area contributed by atoms with Gasteiger partial charge in [0, 0.05) is 32.4 Å². The predicted molar refractivity (Wildman–Crippen MR) is 102 cm³/mol. The van der Waals surface area contributed by atoms with Gasteiger partial charge in [-0.3, -0.25) is 14.4 Å². The number of nitrogens with zero attached hydrogens (tertiary/aromatic N) is 3. The van der Waals surface area contributed by atoms with Crippen molar-refractivity contribution in [1.82, 2.24) is 20.0 Å². The summed E-state index contributed by atoms with van der Waals surface area (Å²) < 4.78 is 7.24. The molecule has 140 valence electrons. The maximum Gasteiger partial charge on any atom is 0.286 e. The molecule has 0 saturated heterocycles. The van der Waals surface area contributed by atoms with E-state index in [4.69, 9.17) is 4.42 Å². The molecule has 6 nitrogen and oxygen atoms in total. The summed E-state index contributed by atoms with van der Waals surface area (Å²) in [5.41, 5.74) is 3.89. The first-order valence-electron chi connectivity index (χ1n) is 9.31. The molecule has 0 unspecified atom stereocenters. The number of aryl methyl sites for hydroxylation is 1. The lowest BCUT2D eigenvalue weighted by Gasteiger charge is -2.34. The minimum Gasteiger partial charge on any atom is -0.459 e. The summed E-state index contributed by atoms with van der Waals surface area (Å²) in [6.07, 6.45) is 4.20. The van der Waals surface area contributed by atoms with Crippen LogP contribution in [0.2, 0.25) is 0 Å². The number of hydrogen-bond acceptors (Lipinski definition) is 4. The first kappa shape index (κ1) is 17.5. The molecule has 1 N–H and O–H groups in total. The molecule has 1 aliphatic heterocycles. The minimum atomic E-state index is -0.173. The third-order valence-electron chi connectivity index (χ3n) is 5.12. The van der Waals surface area contributed by atoms with Gasteiger partial charge in [-0.25, -0.2) is 0 Å². The van der Waals surface area contributed by atoms with Gasteiger partial charge in [-0.05, 0) is 42.7 Å². The number of aromatic nitrogens is 2. The lowest BCUT2D eigenvalue weighted by molar-refractivity contribution is 0.0919. The van der Waals surface area contributed by atoms with E-state index in [-0.39, 0.29) is 11.9 Å². The van der Waals surface area contributed by atoms with Crippen molar-refractivity contribution in [3.63, 3.8) is 0 Å². The number of amides is 1. The van der Waals surface area contributed by atoms with Crippen LogP contribution in [0.25, 0.3) is 0 Å². The molecule has 0 bridgehead atoms. The van der Waals surface area contributed by atoms with Crippen molar-refractivity contribution in [2.24, 2.45) is 0 Å². The van der Waals surface area contributed by atoms with Crippen LogP contribution in [-0.4, -0.2) is 33.7 Å². The lowest BCUT2D eigenvalue weighted by atomic mass is 10.1. The van der Waals surface area contributed by atoms with Crippen LogP contribution in [-0.2, 0) is 13.1 Å². The second-order valence-electron chi connectivity index (χ2n) is 7.04. The van der Waals surface area contributed by atoms with E-state index in [9.17, 15) is 4.79 Å². The van der Waals surface area contributed by atoms with E-state index in [1.54, 1.807) is 12.1 Å². The molecule has 3 heterocycles. The molecule has 0 saturated carbocycles. The summed E-state index contributed by atoms with van der Waals surface area (Å²) in [7, 11) is 0. The number of furan rings is 1. The van der Waals surface area contributed by atoms with Crippen LogP contribution in [0.5, 0.6) is 0 Å². The first-order chi connectivity index (χ1) is 13.2. The van der Waals surface area contributed by atoms with E-state index in [1.807, 2.05) is 6.20 Å². The molecule has 6 heteroatoms. The van der Waals surface area contributed by atoms with Gasteiger partial charge < -0.3 is 9.73 Å². The summed E-state index contributed by atoms with van der Waals surface area (Å²) >= 11 is 0. The molecule has 3 aromatic rings. The Morgan fingerprint density at radius 3 is 2.96 bits per heavy atom. The van der Waals surface area contributed by atoms with Crippen LogP contribution in [0.4, 0.5) is 0 Å². The van der Waals surface area contributed by atoms with E-state index in [1.165, 1.54) is 23.1 Å². The highest BCUT2D eigenvalue weighted by atomic mass is 16.3. The molecule has 27 heavy (non-hydrogen) atoms. The van der Waals surface area contributed by atoms with Crippen LogP contribution < -0.4 is 5.32 Å². The number of hydrogen-bond donors (Lipinski definition) is 1. The summed E-state index contributed by atoms with van der Waals surface area (Å²) in [6.45, 7) is 5.48. The Bertz CT molecular complexity index is 901. The smallest absolute Gasteiger partial charge is 0.286 e. The highest BCUT2D eigenvalue weighted by Crippen LogP contribution is 2.24. The zero-order valence-electron chi connectivity index (χ0n) is 15.5. The zero-order valence-corrected chi connectivity index (χ0v) is 15.5. The first-order valence-corrected chi connectivity index (χ1v) is 9.31. The number of carbonyl (C=O) groups is 1. The van der Waals surface area contributed by atoms with E-state index in [2.05, 4.69) is 57.3 Å². The average molecular weight is 364 g/mol. The van der Waals surface area contributed by atoms with Gasteiger partial charge in [0.25, 0.3) is 5.91 Å². The monoisotopic (exact) mass is 364 g/mol. The minimum absolute atomic E-state index is 0.173. The Kier molecular flexibility index (Phi) is 5.07. The Labute approximate surface area is 158 Å². The van der Waals surface area contributed by atoms with Gasteiger partial charge in [0.05, 0.1) is 18.0 Å². The quantitative estimate of drug-likeness (QED) is 0.730. The van der Waals surface area contributed by atoms with E-state index in [0.717, 1.165) is 26.1 Å². The van der Waals surface area contributed by atoms with Gasteiger partial charge in [-0.2, -0.15) is 5.10 Å². The maximum atomic E-state index is 12.0. The molecule has 1 amide bonds. The van der Waals surface area contributed by atoms with Crippen LogP contribution in [0.3, 0.4) is 0 Å². The number of nitrogens with one attached hydrogen (secondary N) is 1. The molecule has 0 spiro atoms. The van der Waals surface area contributed by atoms with Crippen LogP contribution in [0, 0.1) is 6.92 Å². The molecule has 1 atom stereocenters. The molecule has 1 aliphatic rings. The van der Waals surface area contributed by atoms with Gasteiger partial charge in [0.2, 0.25) is 0 Å². The van der Waals surface area contributed by atoms with E-state index < -0.39 is 0 Å². The Morgan fingerprint density at radius 1 is 1.26 bits per heavy atom. The van der Waals surface area contributed by atoms with Crippen molar-refractivity contribution in [3.8, 4) is 0 Å². The Balaban J connectivity index is 1.39. The standard InChI is InChI=1S/C21H24N4O2/c1-16-5-2-3-6-17(16)13-24-14-18(25-19(15-24)9-11-23-25)8-10-22-21(26)20-7-4-12-27-20/h2-7,9,11-12,18H,8,10,13-15H2,1H3,(H,22,26)/t18-/m1/s1. The Hall–Kier alpha value is -2.86. The van der Waals surface area contributed by atoms with Crippen molar-refractivity contribution in [2.75, 3.05) is 13.1 Å². The normalized spacial score (nSPS) is 16.9. The van der Waals surface area contributed by atoms with Crippen molar-refractivity contribution >= 4 is 5.91 Å². The van der Waals surface area contributed by atoms with Gasteiger partial charge >= 0.3 is 0 Å². The molecule has 0 radical (unpaired) electrons. The molecule has 0 aliphatic carbocycles. The molecule has 4 rings (SSSR count). The van der Waals surface area contributed by atoms with Crippen molar-refractivity contribution in [1.29, 1.82) is 0 Å². The fraction of sp³-hybridized carbons (Fsp3) is 0.333. The topological polar surface area (TPSA) is 63.3 Å². The average Bonchev–Trinajstić information content (AvgIpc) is 3.35. The molecule has 0 fully saturated rings. The van der Waals surface area contributed by atoms with Gasteiger partial charge in [-0.15, -0.1) is 0 Å². The fourth-order valence-electron chi connectivity index (χ4n) is 3.67. The van der Waals surface area contributed by atoms with Gasteiger partial charge in [0.1, 0.15) is 0 Å². The van der Waals surface area contributed by atoms with Crippen LogP contribution in [0.1, 0.15) is 39.8 Å². The summed E-state index contributed by atoms with van der Waals surface area (Å²) in [6, 6.07) is 14.2. The molecule has 1 aromatic carbocycles. The largest absolute Gasteiger partial charge is 0.459 e. The molecular weight excluding hydrogens is 340 g/mol. The molecule has 2 aromatic heterocycles. The zero-order chi connectivity index (χ0) is 18.6. The second-order valence-corrected chi connectivity index (χ2v) is 7.04. The van der Waals surface area contributed by atoms with Crippen molar-refractivity contribution in [2.45, 2.75) is 32.5 Å². The predicted octanol–water partition coefficient (Wildman–Crippen LogP) is 3.16. The van der Waals surface area contributed by atoms with Crippen LogP contribution >= 0.6 is 0 Å². The third-order valence-corrected chi connectivity index (χ3v) is 5.12. The highest BCUT2D eigenvalue weighted by molar-refractivity contribution is 5.91. The number of carbonyl (C=O) groups excluding carboxylic acids is 1. The van der Waals surface area contributed by atoms with Gasteiger partial charge in [-0.1, -0.05) is 24.3 Å². The van der Waals surface area contributed by atoms with E-state index >= 15 is 0 Å². The number of benzene rings is 1. The van der Waals surface area contributed by atoms with Crippen LogP contribution in [0.15, 0.2) is 59.3 Å². The van der Waals surface area contributed by atoms with Crippen molar-refractivity contribution < 1.29 is 9.21 Å². The summed E-state index contributed by atoms with van der Waals surface area (Å²) in [4.78, 5) is 14.5. The molecular formula is C21H24N4O2. The fourth-order valence-corrected chi connectivity index (χ4v) is 3.67. The Morgan fingerprint density at radius 2 is 2.15 bits per heavy atom. The SMILES string of the molecule is Cc1ccccc1CN1Cc2ccnn2[C@H](CCNC(=O)c2ccco2)C1. The lowest BCUT2D eigenvalue weighted by Crippen LogP contribution is -2.39. The van der Waals surface area contributed by atoms with Gasteiger partial charge in [0.15, 0.2) is 5.76 Å². The maximum absolute atomic E-state index is 12.0. The van der Waals surface area contributed by atoms with Crippen molar-refractivity contribution in [3.05, 3.63) is 77.5 Å². The summed E-state index contributed by atoms with van der Waals surface area (Å²) in [5.74, 6) is 0.174.